The van der Waals surface area contributed by atoms with Crippen LogP contribution in [0.4, 0.5) is 0 Å². The Kier molecular flexibility index (Phi) is 6.91. The highest BCUT2D eigenvalue weighted by atomic mass is 35.5. The van der Waals surface area contributed by atoms with Crippen LogP contribution in [0.3, 0.4) is 0 Å². The van der Waals surface area contributed by atoms with Crippen molar-refractivity contribution in [2.45, 2.75) is 56.1 Å². The number of pyridine rings is 1. The van der Waals surface area contributed by atoms with E-state index in [0.717, 1.165) is 53.9 Å². The van der Waals surface area contributed by atoms with E-state index < -0.39 is 42.8 Å². The second kappa shape index (κ2) is 9.94. The Hall–Kier alpha value is -2.37. The van der Waals surface area contributed by atoms with Crippen LogP contribution in [0.15, 0.2) is 42.1 Å². The molecule has 0 bridgehead atoms. The Balaban J connectivity index is 1.59. The Morgan fingerprint density at radius 1 is 1.11 bits per heavy atom. The third-order valence-corrected chi connectivity index (χ3v) is 7.07. The molecular formula is C25H27ClN2O7. The first-order valence-electron chi connectivity index (χ1n) is 11.6. The first-order valence-corrected chi connectivity index (χ1v) is 12.0. The molecule has 2 aliphatic heterocycles. The van der Waals surface area contributed by atoms with Crippen molar-refractivity contribution >= 4 is 23.1 Å². The monoisotopic (exact) mass is 502 g/mol. The summed E-state index contributed by atoms with van der Waals surface area (Å²) in [7, 11) is 0. The zero-order chi connectivity index (χ0) is 24.7. The quantitative estimate of drug-likeness (QED) is 0.421. The molecule has 9 nitrogen and oxygen atoms in total. The number of aliphatic hydroxyl groups is 3. The molecule has 0 amide bonds. The average Bonchev–Trinajstić information content (AvgIpc) is 2.98. The summed E-state index contributed by atoms with van der Waals surface area (Å²) >= 11 is 6.35. The van der Waals surface area contributed by atoms with Crippen LogP contribution in [-0.4, -0.2) is 75.2 Å². The van der Waals surface area contributed by atoms with Crippen molar-refractivity contribution in [2.24, 2.45) is 0 Å². The minimum absolute atomic E-state index is 0.354. The van der Waals surface area contributed by atoms with Gasteiger partial charge < -0.3 is 35.2 Å². The number of aliphatic hydroxyl groups excluding tert-OH is 3. The van der Waals surface area contributed by atoms with E-state index in [-0.39, 0.29) is 0 Å². The van der Waals surface area contributed by atoms with Crippen molar-refractivity contribution in [3.05, 3.63) is 69.5 Å². The molecule has 3 aliphatic rings. The van der Waals surface area contributed by atoms with Crippen molar-refractivity contribution in [1.29, 1.82) is 0 Å². The number of piperidine rings is 1. The van der Waals surface area contributed by atoms with Gasteiger partial charge in [-0.05, 0) is 55.3 Å². The predicted octanol–water partition coefficient (Wildman–Crippen LogP) is 1.43. The highest BCUT2D eigenvalue weighted by molar-refractivity contribution is 6.30. The number of carboxylic acid groups (broad SMARTS) is 1. The van der Waals surface area contributed by atoms with Crippen LogP contribution in [0.2, 0.25) is 5.02 Å². The molecule has 1 aromatic heterocycles. The van der Waals surface area contributed by atoms with Gasteiger partial charge in [-0.3, -0.25) is 4.98 Å². The number of hydrogen-bond donors (Lipinski definition) is 5. The number of hydrogen-bond acceptors (Lipinski definition) is 8. The lowest BCUT2D eigenvalue weighted by Crippen LogP contribution is -2.60. The lowest BCUT2D eigenvalue weighted by molar-refractivity contribution is -0.305. The maximum atomic E-state index is 11.6. The van der Waals surface area contributed by atoms with Gasteiger partial charge >= 0.3 is 5.97 Å². The molecule has 5 rings (SSSR count). The van der Waals surface area contributed by atoms with Gasteiger partial charge in [-0.25, -0.2) is 4.79 Å². The Bertz CT molecular complexity index is 1150. The zero-order valence-corrected chi connectivity index (χ0v) is 19.6. The number of nitrogens with zero attached hydrogens (tertiary/aromatic N) is 1. The van der Waals surface area contributed by atoms with Crippen molar-refractivity contribution in [3.63, 3.8) is 0 Å². The standard InChI is InChI=1S/C25H27ClN2O7/c26-14-3-4-15-13(10-14)11-17(34-25-22(31)20(29)21(30)23(35-25)24(32)33)16-2-1-7-28-19(16)18(15)12-5-8-27-9-6-12/h1-4,7,10,17,20-23,25,27,29-31H,5-6,8-9,11H2,(H,32,33). The number of rotatable bonds is 3. The fraction of sp³-hybridized carbons (Fsp3) is 0.440. The SMILES string of the molecule is O=C(O)C1OC(OC2Cc3cc(Cl)ccc3C(=C3CCNCC3)c3ncccc32)C(O)C(O)C1O. The van der Waals surface area contributed by atoms with Gasteiger partial charge in [-0.1, -0.05) is 29.3 Å². The normalized spacial score (nSPS) is 30.9. The summed E-state index contributed by atoms with van der Waals surface area (Å²) in [6.07, 6.45) is -5.30. The van der Waals surface area contributed by atoms with E-state index in [0.29, 0.717) is 11.4 Å². The fourth-order valence-electron chi connectivity index (χ4n) is 5.08. The van der Waals surface area contributed by atoms with Gasteiger partial charge in [0.05, 0.1) is 11.8 Å². The van der Waals surface area contributed by atoms with Gasteiger partial charge in [0.15, 0.2) is 12.4 Å². The van der Waals surface area contributed by atoms with E-state index in [1.54, 1.807) is 12.3 Å². The van der Waals surface area contributed by atoms with E-state index >= 15 is 0 Å². The molecule has 1 aliphatic carbocycles. The summed E-state index contributed by atoms with van der Waals surface area (Å²) in [5.74, 6) is -1.46. The third-order valence-electron chi connectivity index (χ3n) is 6.84. The molecule has 35 heavy (non-hydrogen) atoms. The van der Waals surface area contributed by atoms with Gasteiger partial charge in [0.2, 0.25) is 0 Å². The van der Waals surface area contributed by atoms with Gasteiger partial charge in [-0.2, -0.15) is 0 Å². The van der Waals surface area contributed by atoms with Crippen LogP contribution in [-0.2, 0) is 20.7 Å². The van der Waals surface area contributed by atoms with Crippen molar-refractivity contribution in [1.82, 2.24) is 10.3 Å². The Labute approximate surface area is 207 Å². The molecule has 3 heterocycles. The minimum atomic E-state index is -1.79. The lowest BCUT2D eigenvalue weighted by atomic mass is 9.89. The van der Waals surface area contributed by atoms with Gasteiger partial charge in [0.1, 0.15) is 18.3 Å². The maximum absolute atomic E-state index is 11.6. The molecule has 186 valence electrons. The predicted molar refractivity (Wildman–Crippen MR) is 126 cm³/mol. The van der Waals surface area contributed by atoms with E-state index in [1.807, 2.05) is 24.3 Å². The third kappa shape index (κ3) is 4.61. The Morgan fingerprint density at radius 3 is 2.63 bits per heavy atom. The number of fused-ring (bicyclic) bond motifs is 2. The van der Waals surface area contributed by atoms with Crippen molar-refractivity contribution in [3.8, 4) is 0 Å². The Morgan fingerprint density at radius 2 is 1.89 bits per heavy atom. The first-order chi connectivity index (χ1) is 16.8. The first kappa shape index (κ1) is 24.3. The van der Waals surface area contributed by atoms with Gasteiger partial charge in [0.25, 0.3) is 0 Å². The number of aliphatic carboxylic acids is 1. The molecule has 0 saturated carbocycles. The van der Waals surface area contributed by atoms with Crippen LogP contribution in [0, 0.1) is 0 Å². The molecular weight excluding hydrogens is 476 g/mol. The summed E-state index contributed by atoms with van der Waals surface area (Å²) in [6.45, 7) is 1.73. The number of benzene rings is 1. The molecule has 2 aromatic rings. The zero-order valence-electron chi connectivity index (χ0n) is 18.8. The average molecular weight is 503 g/mol. The largest absolute Gasteiger partial charge is 0.479 e. The molecule has 2 fully saturated rings. The summed E-state index contributed by atoms with van der Waals surface area (Å²) in [5.41, 5.74) is 5.72. The van der Waals surface area contributed by atoms with Crippen LogP contribution in [0.25, 0.3) is 5.57 Å². The van der Waals surface area contributed by atoms with Gasteiger partial charge in [0, 0.05) is 28.8 Å². The minimum Gasteiger partial charge on any atom is -0.479 e. The summed E-state index contributed by atoms with van der Waals surface area (Å²) in [6, 6.07) is 9.37. The van der Waals surface area contributed by atoms with Crippen LogP contribution >= 0.6 is 11.6 Å². The maximum Gasteiger partial charge on any atom is 0.335 e. The summed E-state index contributed by atoms with van der Waals surface area (Å²) in [4.78, 5) is 16.3. The smallest absolute Gasteiger partial charge is 0.335 e. The molecule has 10 heteroatoms. The van der Waals surface area contributed by atoms with Gasteiger partial charge in [-0.15, -0.1) is 0 Å². The van der Waals surface area contributed by atoms with E-state index in [4.69, 9.17) is 26.1 Å². The van der Waals surface area contributed by atoms with Crippen molar-refractivity contribution in [2.75, 3.05) is 13.1 Å². The second-order valence-electron chi connectivity index (χ2n) is 9.04. The number of halogens is 1. The molecule has 0 spiro atoms. The highest BCUT2D eigenvalue weighted by Gasteiger charge is 2.48. The molecule has 1 aromatic carbocycles. The van der Waals surface area contributed by atoms with Crippen LogP contribution < -0.4 is 5.32 Å². The number of nitrogens with one attached hydrogen (secondary N) is 1. The topological polar surface area (TPSA) is 141 Å². The van der Waals surface area contributed by atoms with Crippen LogP contribution in [0.1, 0.15) is 41.3 Å². The fourth-order valence-corrected chi connectivity index (χ4v) is 5.28. The molecule has 6 atom stereocenters. The molecule has 2 saturated heterocycles. The second-order valence-corrected chi connectivity index (χ2v) is 9.47. The van der Waals surface area contributed by atoms with E-state index in [2.05, 4.69) is 5.32 Å². The molecule has 0 radical (unpaired) electrons. The highest BCUT2D eigenvalue weighted by Crippen LogP contribution is 2.42. The summed E-state index contributed by atoms with van der Waals surface area (Å²) in [5, 5.41) is 44.2. The van der Waals surface area contributed by atoms with E-state index in [1.165, 1.54) is 5.57 Å². The lowest BCUT2D eigenvalue weighted by Gasteiger charge is -2.39. The van der Waals surface area contributed by atoms with Crippen molar-refractivity contribution < 1.29 is 34.7 Å². The number of carbonyl (C=O) groups is 1. The molecule has 6 unspecified atom stereocenters. The summed E-state index contributed by atoms with van der Waals surface area (Å²) < 4.78 is 11.6. The number of carboxylic acids is 1. The van der Waals surface area contributed by atoms with Crippen LogP contribution in [0.5, 0.6) is 0 Å². The van der Waals surface area contributed by atoms with E-state index in [9.17, 15) is 25.2 Å². The number of aromatic nitrogens is 1. The number of ether oxygens (including phenoxy) is 2. The molecule has 5 N–H and O–H groups in total.